The summed E-state index contributed by atoms with van der Waals surface area (Å²) >= 11 is 3.29. The molecule has 2 heterocycles. The zero-order chi connectivity index (χ0) is 18.0. The van der Waals surface area contributed by atoms with Crippen molar-refractivity contribution in [2.24, 2.45) is 0 Å². The first-order valence-corrected chi connectivity index (χ1v) is 7.87. The van der Waals surface area contributed by atoms with Gasteiger partial charge in [-0.15, -0.1) is 0 Å². The van der Waals surface area contributed by atoms with Gasteiger partial charge in [0.25, 0.3) is 11.7 Å². The average molecular weight is 407 g/mol. The van der Waals surface area contributed by atoms with Crippen LogP contribution in [-0.4, -0.2) is 34.9 Å². The van der Waals surface area contributed by atoms with E-state index in [1.807, 2.05) is 0 Å². The molecule has 0 radical (unpaired) electrons. The summed E-state index contributed by atoms with van der Waals surface area (Å²) in [6.45, 7) is -0.600. The van der Waals surface area contributed by atoms with E-state index in [-0.39, 0.29) is 24.7 Å². The van der Waals surface area contributed by atoms with Crippen molar-refractivity contribution in [1.29, 1.82) is 0 Å². The number of hydrogen-bond donors (Lipinski definition) is 1. The maximum absolute atomic E-state index is 12.2. The number of nitrogens with one attached hydrogen (secondary N) is 1. The van der Waals surface area contributed by atoms with Gasteiger partial charge in [-0.2, -0.15) is 0 Å². The predicted molar refractivity (Wildman–Crippen MR) is 91.5 cm³/mol. The molecule has 128 valence electrons. The topological polar surface area (TPSA) is 115 Å². The summed E-state index contributed by atoms with van der Waals surface area (Å²) in [6.07, 6.45) is 0. The van der Waals surface area contributed by atoms with Crippen LogP contribution in [0.4, 0.5) is 17.3 Å². The zero-order valence-corrected chi connectivity index (χ0v) is 14.2. The Kier molecular flexibility index (Phi) is 4.61. The molecule has 0 spiro atoms. The molecular formula is C15H11BrN4O5. The molecule has 25 heavy (non-hydrogen) atoms. The van der Waals surface area contributed by atoms with Gasteiger partial charge in [-0.05, 0) is 40.2 Å². The number of hydrogen-bond acceptors (Lipinski definition) is 6. The Morgan fingerprint density at radius 3 is 2.72 bits per heavy atom. The first-order valence-electron chi connectivity index (χ1n) is 7.08. The Morgan fingerprint density at radius 2 is 2.04 bits per heavy atom. The van der Waals surface area contributed by atoms with Crippen molar-refractivity contribution >= 4 is 45.1 Å². The molecule has 1 aromatic carbocycles. The maximum Gasteiger partial charge on any atom is 0.366 e. The highest BCUT2D eigenvalue weighted by atomic mass is 79.9. The van der Waals surface area contributed by atoms with Gasteiger partial charge in [0.15, 0.2) is 12.4 Å². The Hall–Kier alpha value is -3.01. The molecule has 3 rings (SSSR count). The maximum atomic E-state index is 12.2. The molecule has 9 nitrogen and oxygen atoms in total. The summed E-state index contributed by atoms with van der Waals surface area (Å²) < 4.78 is 6.06. The molecule has 0 atom stereocenters. The summed E-state index contributed by atoms with van der Waals surface area (Å²) in [7, 11) is 0. The van der Waals surface area contributed by atoms with Crippen molar-refractivity contribution in [3.05, 3.63) is 51.0 Å². The minimum Gasteiger partial charge on any atom is -0.477 e. The summed E-state index contributed by atoms with van der Waals surface area (Å²) in [5, 5.41) is 13.5. The molecule has 2 amide bonds. The van der Waals surface area contributed by atoms with E-state index in [2.05, 4.69) is 26.2 Å². The molecule has 0 saturated carbocycles. The number of rotatable bonds is 4. The SMILES string of the molecule is O=C(CN1C(=O)COc2ccc([N+](=O)[O-])nc21)Nc1ccc(Br)cc1. The molecule has 1 aliphatic heterocycles. The number of anilines is 2. The third-order valence-corrected chi connectivity index (χ3v) is 3.88. The smallest absolute Gasteiger partial charge is 0.366 e. The zero-order valence-electron chi connectivity index (χ0n) is 12.6. The van der Waals surface area contributed by atoms with Gasteiger partial charge < -0.3 is 20.2 Å². The fourth-order valence-corrected chi connectivity index (χ4v) is 2.47. The molecular weight excluding hydrogens is 396 g/mol. The van der Waals surface area contributed by atoms with Crippen LogP contribution in [0, 0.1) is 10.1 Å². The first kappa shape index (κ1) is 16.8. The Bertz CT molecular complexity index is 856. The van der Waals surface area contributed by atoms with E-state index in [9.17, 15) is 19.7 Å². The molecule has 1 aliphatic rings. The van der Waals surface area contributed by atoms with Crippen LogP contribution >= 0.6 is 15.9 Å². The monoisotopic (exact) mass is 406 g/mol. The number of carbonyl (C=O) groups is 2. The highest BCUT2D eigenvalue weighted by molar-refractivity contribution is 9.10. The second kappa shape index (κ2) is 6.85. The van der Waals surface area contributed by atoms with E-state index in [0.29, 0.717) is 5.69 Å². The normalized spacial score (nSPS) is 13.0. The van der Waals surface area contributed by atoms with Crippen LogP contribution in [0.1, 0.15) is 0 Å². The molecule has 10 heteroatoms. The lowest BCUT2D eigenvalue weighted by Crippen LogP contribution is -2.44. The highest BCUT2D eigenvalue weighted by Gasteiger charge is 2.33. The molecule has 0 unspecified atom stereocenters. The second-order valence-electron chi connectivity index (χ2n) is 5.07. The van der Waals surface area contributed by atoms with Gasteiger partial charge in [0.05, 0.1) is 0 Å². The van der Waals surface area contributed by atoms with E-state index in [0.717, 1.165) is 9.37 Å². The third-order valence-electron chi connectivity index (χ3n) is 3.35. The number of nitro groups is 1. The van der Waals surface area contributed by atoms with E-state index in [4.69, 9.17) is 4.74 Å². The van der Waals surface area contributed by atoms with Crippen LogP contribution in [0.15, 0.2) is 40.9 Å². The van der Waals surface area contributed by atoms with Gasteiger partial charge in [-0.25, -0.2) is 0 Å². The quantitative estimate of drug-likeness (QED) is 0.614. The number of pyridine rings is 1. The average Bonchev–Trinajstić information content (AvgIpc) is 2.59. The minimum absolute atomic E-state index is 0.0450. The van der Waals surface area contributed by atoms with Crippen molar-refractivity contribution in [2.75, 3.05) is 23.4 Å². The number of halogens is 1. The van der Waals surface area contributed by atoms with Crippen LogP contribution in [0.5, 0.6) is 5.75 Å². The molecule has 0 fully saturated rings. The summed E-state index contributed by atoms with van der Waals surface area (Å²) in [5.74, 6) is -1.24. The third kappa shape index (κ3) is 3.74. The number of amides is 2. The van der Waals surface area contributed by atoms with Gasteiger partial charge in [0, 0.05) is 16.2 Å². The lowest BCUT2D eigenvalue weighted by molar-refractivity contribution is -0.389. The highest BCUT2D eigenvalue weighted by Crippen LogP contribution is 2.31. The predicted octanol–water partition coefficient (Wildman–Crippen LogP) is 2.12. The molecule has 2 aromatic rings. The number of fused-ring (bicyclic) bond motifs is 1. The molecule has 0 saturated heterocycles. The number of aromatic nitrogens is 1. The van der Waals surface area contributed by atoms with Gasteiger partial charge in [-0.1, -0.05) is 15.9 Å². The lowest BCUT2D eigenvalue weighted by atomic mass is 10.3. The summed E-state index contributed by atoms with van der Waals surface area (Å²) in [5.41, 5.74) is 0.557. The number of ether oxygens (including phenoxy) is 1. The van der Waals surface area contributed by atoms with Crippen LogP contribution in [0.25, 0.3) is 0 Å². The van der Waals surface area contributed by atoms with Crippen molar-refractivity contribution < 1.29 is 19.2 Å². The molecule has 1 aromatic heterocycles. The summed E-state index contributed by atoms with van der Waals surface area (Å²) in [4.78, 5) is 39.4. The number of nitrogens with zero attached hydrogens (tertiary/aromatic N) is 3. The second-order valence-corrected chi connectivity index (χ2v) is 5.99. The van der Waals surface area contributed by atoms with Crippen LogP contribution in [0.2, 0.25) is 0 Å². The largest absolute Gasteiger partial charge is 0.477 e. The van der Waals surface area contributed by atoms with Crippen molar-refractivity contribution in [3.63, 3.8) is 0 Å². The Labute approximate surface area is 149 Å². The summed E-state index contributed by atoms with van der Waals surface area (Å²) in [6, 6.07) is 9.44. The van der Waals surface area contributed by atoms with Crippen molar-refractivity contribution in [1.82, 2.24) is 4.98 Å². The fraction of sp³-hybridized carbons (Fsp3) is 0.133. The number of carbonyl (C=O) groups excluding carboxylic acids is 2. The van der Waals surface area contributed by atoms with Crippen LogP contribution in [0.3, 0.4) is 0 Å². The molecule has 0 bridgehead atoms. The van der Waals surface area contributed by atoms with E-state index in [1.165, 1.54) is 12.1 Å². The first-order chi connectivity index (χ1) is 11.9. The van der Waals surface area contributed by atoms with Gasteiger partial charge >= 0.3 is 5.82 Å². The molecule has 0 aliphatic carbocycles. The van der Waals surface area contributed by atoms with Gasteiger partial charge in [0.2, 0.25) is 5.91 Å². The van der Waals surface area contributed by atoms with Crippen LogP contribution < -0.4 is 15.0 Å². The van der Waals surface area contributed by atoms with E-state index < -0.39 is 22.6 Å². The Balaban J connectivity index is 1.81. The Morgan fingerprint density at radius 1 is 1.32 bits per heavy atom. The van der Waals surface area contributed by atoms with Crippen molar-refractivity contribution in [2.45, 2.75) is 0 Å². The fourth-order valence-electron chi connectivity index (χ4n) is 2.21. The van der Waals surface area contributed by atoms with E-state index in [1.54, 1.807) is 24.3 Å². The lowest BCUT2D eigenvalue weighted by Gasteiger charge is -2.24. The van der Waals surface area contributed by atoms with Crippen molar-refractivity contribution in [3.8, 4) is 5.75 Å². The van der Waals surface area contributed by atoms with Gasteiger partial charge in [0.1, 0.15) is 6.54 Å². The minimum atomic E-state index is -0.681. The van der Waals surface area contributed by atoms with Gasteiger partial charge in [-0.3, -0.25) is 14.5 Å². The van der Waals surface area contributed by atoms with E-state index >= 15 is 0 Å². The number of benzene rings is 1. The van der Waals surface area contributed by atoms with Crippen LogP contribution in [-0.2, 0) is 9.59 Å². The standard InChI is InChI=1S/C15H11BrN4O5/c16-9-1-3-10(4-2-9)17-13(21)7-19-14(22)8-25-11-5-6-12(20(23)24)18-15(11)19/h1-6H,7-8H2,(H,17,21). The molecule has 1 N–H and O–H groups in total.